The first kappa shape index (κ1) is 20.4. The van der Waals surface area contributed by atoms with Crippen LogP contribution in [0.5, 0.6) is 0 Å². The minimum absolute atomic E-state index is 0.0929. The summed E-state index contributed by atoms with van der Waals surface area (Å²) < 4.78 is 1.24. The van der Waals surface area contributed by atoms with Crippen LogP contribution < -0.4 is 5.56 Å². The highest BCUT2D eigenvalue weighted by Crippen LogP contribution is 2.41. The average molecular weight is 431 g/mol. The maximum absolute atomic E-state index is 13.2. The van der Waals surface area contributed by atoms with Gasteiger partial charge in [-0.1, -0.05) is 24.3 Å². The zero-order valence-corrected chi connectivity index (χ0v) is 18.0. The monoisotopic (exact) mass is 431 g/mol. The zero-order chi connectivity index (χ0) is 22.3. The summed E-state index contributed by atoms with van der Waals surface area (Å²) in [6, 6.07) is 13.0. The number of amides is 2. The van der Waals surface area contributed by atoms with Gasteiger partial charge in [-0.3, -0.25) is 19.4 Å². The van der Waals surface area contributed by atoms with Crippen molar-refractivity contribution in [2.45, 2.75) is 32.9 Å². The molecule has 1 atom stereocenters. The van der Waals surface area contributed by atoms with Crippen LogP contribution in [0.3, 0.4) is 0 Å². The molecule has 5 rings (SSSR count). The molecule has 2 aromatic heterocycles. The lowest BCUT2D eigenvalue weighted by atomic mass is 9.85. The average Bonchev–Trinajstić information content (AvgIpc) is 3.38. The third-order valence-corrected chi connectivity index (χ3v) is 6.72. The number of rotatable bonds is 4. The molecule has 8 nitrogen and oxygen atoms in total. The molecule has 0 aliphatic carbocycles. The molecule has 1 aromatic carbocycles. The standard InChI is InChI=1S/C24H25N5O3/c1-17-19-7-2-3-8-20(19)22(31)29(26-17)15-21(30)28-13-10-24(16-28)9-12-27(23(24)32)14-18-6-4-5-11-25-18/h2-8,11H,9-10,12-16H2,1H3. The number of hydrogen-bond donors (Lipinski definition) is 0. The van der Waals surface area contributed by atoms with E-state index in [1.165, 1.54) is 4.68 Å². The molecule has 0 N–H and O–H groups in total. The Morgan fingerprint density at radius 1 is 1.03 bits per heavy atom. The lowest BCUT2D eigenvalue weighted by Crippen LogP contribution is -2.40. The van der Waals surface area contributed by atoms with Crippen molar-refractivity contribution in [1.29, 1.82) is 0 Å². The number of nitrogens with zero attached hydrogens (tertiary/aromatic N) is 5. The molecule has 3 aromatic rings. The number of likely N-dealkylation sites (tertiary alicyclic amines) is 2. The molecular formula is C24H25N5O3. The van der Waals surface area contributed by atoms with E-state index in [1.807, 2.05) is 48.2 Å². The first-order chi connectivity index (χ1) is 15.5. The van der Waals surface area contributed by atoms with Crippen LogP contribution in [-0.2, 0) is 22.7 Å². The van der Waals surface area contributed by atoms with E-state index in [1.54, 1.807) is 17.2 Å². The highest BCUT2D eigenvalue weighted by molar-refractivity contribution is 5.87. The van der Waals surface area contributed by atoms with Crippen molar-refractivity contribution in [2.75, 3.05) is 19.6 Å². The Hall–Kier alpha value is -3.55. The maximum atomic E-state index is 13.2. The minimum atomic E-state index is -0.526. The van der Waals surface area contributed by atoms with E-state index < -0.39 is 5.41 Å². The number of aromatic nitrogens is 3. The normalized spacial score (nSPS) is 20.6. The summed E-state index contributed by atoms with van der Waals surface area (Å²) in [7, 11) is 0. The molecule has 32 heavy (non-hydrogen) atoms. The smallest absolute Gasteiger partial charge is 0.275 e. The van der Waals surface area contributed by atoms with Crippen molar-refractivity contribution in [3.63, 3.8) is 0 Å². The number of carbonyl (C=O) groups is 2. The van der Waals surface area contributed by atoms with Gasteiger partial charge < -0.3 is 9.80 Å². The van der Waals surface area contributed by atoms with Gasteiger partial charge in [0.15, 0.2) is 0 Å². The van der Waals surface area contributed by atoms with E-state index in [4.69, 9.17) is 0 Å². The molecule has 2 aliphatic heterocycles. The fraction of sp³-hybridized carbons (Fsp3) is 0.375. The van der Waals surface area contributed by atoms with Gasteiger partial charge in [0.05, 0.1) is 28.7 Å². The topological polar surface area (TPSA) is 88.4 Å². The summed E-state index contributed by atoms with van der Waals surface area (Å²) in [5.74, 6) is -0.0857. The molecule has 0 bridgehead atoms. The first-order valence-corrected chi connectivity index (χ1v) is 10.9. The lowest BCUT2D eigenvalue weighted by Gasteiger charge is -2.23. The van der Waals surface area contributed by atoms with Crippen LogP contribution in [0.2, 0.25) is 0 Å². The fourth-order valence-electron chi connectivity index (χ4n) is 4.93. The van der Waals surface area contributed by atoms with Gasteiger partial charge in [0, 0.05) is 31.2 Å². The van der Waals surface area contributed by atoms with Crippen LogP contribution in [0, 0.1) is 12.3 Å². The Labute approximate surface area is 185 Å². The van der Waals surface area contributed by atoms with E-state index in [9.17, 15) is 14.4 Å². The Balaban J connectivity index is 1.29. The van der Waals surface area contributed by atoms with Crippen LogP contribution >= 0.6 is 0 Å². The second kappa shape index (κ2) is 7.85. The van der Waals surface area contributed by atoms with Crippen LogP contribution in [0.15, 0.2) is 53.5 Å². The van der Waals surface area contributed by atoms with Gasteiger partial charge in [0.1, 0.15) is 6.54 Å². The SMILES string of the molecule is Cc1nn(CC(=O)N2CCC3(CCN(Cc4ccccn4)C3=O)C2)c(=O)c2ccccc12. The summed E-state index contributed by atoms with van der Waals surface area (Å²) in [5, 5.41) is 5.70. The third-order valence-electron chi connectivity index (χ3n) is 6.72. The molecular weight excluding hydrogens is 406 g/mol. The zero-order valence-electron chi connectivity index (χ0n) is 18.0. The summed E-state index contributed by atoms with van der Waals surface area (Å²) in [4.78, 5) is 46.9. The third kappa shape index (κ3) is 3.45. The summed E-state index contributed by atoms with van der Waals surface area (Å²) >= 11 is 0. The lowest BCUT2D eigenvalue weighted by molar-refractivity contribution is -0.137. The number of fused-ring (bicyclic) bond motifs is 1. The van der Waals surface area contributed by atoms with E-state index in [0.717, 1.165) is 17.5 Å². The molecule has 2 aliphatic rings. The predicted molar refractivity (Wildman–Crippen MR) is 119 cm³/mol. The fourth-order valence-corrected chi connectivity index (χ4v) is 4.93. The molecule has 2 fully saturated rings. The number of carbonyl (C=O) groups excluding carboxylic acids is 2. The highest BCUT2D eigenvalue weighted by atomic mass is 16.2. The van der Waals surface area contributed by atoms with Crippen LogP contribution in [0.25, 0.3) is 10.8 Å². The summed E-state index contributed by atoms with van der Waals surface area (Å²) in [6.45, 7) is 3.79. The molecule has 4 heterocycles. The number of hydrogen-bond acceptors (Lipinski definition) is 5. The van der Waals surface area contributed by atoms with E-state index in [-0.39, 0.29) is 23.9 Å². The molecule has 0 saturated carbocycles. The molecule has 0 radical (unpaired) electrons. The Bertz CT molecular complexity index is 1260. The van der Waals surface area contributed by atoms with E-state index in [2.05, 4.69) is 10.1 Å². The minimum Gasteiger partial charge on any atom is -0.340 e. The van der Waals surface area contributed by atoms with Crippen LogP contribution in [0.4, 0.5) is 0 Å². The molecule has 2 amide bonds. The van der Waals surface area contributed by atoms with Crippen molar-refractivity contribution in [3.8, 4) is 0 Å². The van der Waals surface area contributed by atoms with Crippen LogP contribution in [0.1, 0.15) is 24.2 Å². The Morgan fingerprint density at radius 2 is 1.78 bits per heavy atom. The number of pyridine rings is 1. The molecule has 1 spiro atoms. The summed E-state index contributed by atoms with van der Waals surface area (Å²) in [5.41, 5.74) is 0.775. The van der Waals surface area contributed by atoms with Gasteiger partial charge in [0.2, 0.25) is 11.8 Å². The van der Waals surface area contributed by atoms with E-state index in [0.29, 0.717) is 43.7 Å². The van der Waals surface area contributed by atoms with Crippen molar-refractivity contribution >= 4 is 22.6 Å². The van der Waals surface area contributed by atoms with Gasteiger partial charge in [0.25, 0.3) is 5.56 Å². The van der Waals surface area contributed by atoms with Gasteiger partial charge in [-0.25, -0.2) is 4.68 Å². The number of benzene rings is 1. The molecule has 164 valence electrons. The second-order valence-corrected chi connectivity index (χ2v) is 8.74. The van der Waals surface area contributed by atoms with Crippen molar-refractivity contribution in [2.24, 2.45) is 5.41 Å². The molecule has 1 unspecified atom stereocenters. The maximum Gasteiger partial charge on any atom is 0.275 e. The van der Waals surface area contributed by atoms with Gasteiger partial charge >= 0.3 is 0 Å². The van der Waals surface area contributed by atoms with Gasteiger partial charge in [-0.05, 0) is 38.0 Å². The molecule has 8 heteroatoms. The summed E-state index contributed by atoms with van der Waals surface area (Å²) in [6.07, 6.45) is 3.11. The van der Waals surface area contributed by atoms with E-state index >= 15 is 0 Å². The Morgan fingerprint density at radius 3 is 2.56 bits per heavy atom. The van der Waals surface area contributed by atoms with Crippen molar-refractivity contribution in [1.82, 2.24) is 24.6 Å². The van der Waals surface area contributed by atoms with Crippen molar-refractivity contribution in [3.05, 3.63) is 70.4 Å². The van der Waals surface area contributed by atoms with Gasteiger partial charge in [-0.2, -0.15) is 5.10 Å². The Kier molecular flexibility index (Phi) is 5.00. The largest absolute Gasteiger partial charge is 0.340 e. The first-order valence-electron chi connectivity index (χ1n) is 10.9. The van der Waals surface area contributed by atoms with Crippen molar-refractivity contribution < 1.29 is 9.59 Å². The van der Waals surface area contributed by atoms with Gasteiger partial charge in [-0.15, -0.1) is 0 Å². The van der Waals surface area contributed by atoms with Crippen LogP contribution in [-0.4, -0.2) is 56.0 Å². The highest BCUT2D eigenvalue weighted by Gasteiger charge is 2.51. The number of aryl methyl sites for hydroxylation is 1. The molecule has 2 saturated heterocycles. The quantitative estimate of drug-likeness (QED) is 0.628. The second-order valence-electron chi connectivity index (χ2n) is 8.74. The predicted octanol–water partition coefficient (Wildman–Crippen LogP) is 1.75.